The molecule has 0 N–H and O–H groups in total. The van der Waals surface area contributed by atoms with E-state index in [0.29, 0.717) is 0 Å². The number of hydrogen-bond acceptors (Lipinski definition) is 2. The van der Waals surface area contributed by atoms with Gasteiger partial charge in [0.2, 0.25) is 0 Å². The van der Waals surface area contributed by atoms with Crippen LogP contribution in [0.1, 0.15) is 0 Å². The van der Waals surface area contributed by atoms with Crippen LogP contribution in [0.5, 0.6) is 0 Å². The number of aromatic nitrogens is 3. The maximum absolute atomic E-state index is 4.23. The summed E-state index contributed by atoms with van der Waals surface area (Å²) in [5.41, 5.74) is 0.884. The zero-order chi connectivity index (χ0) is 9.54. The van der Waals surface area contributed by atoms with Gasteiger partial charge in [0.15, 0.2) is 5.65 Å². The van der Waals surface area contributed by atoms with E-state index >= 15 is 0 Å². The van der Waals surface area contributed by atoms with E-state index in [1.54, 1.807) is 10.8 Å². The lowest BCUT2D eigenvalue weighted by Gasteiger charge is -2.01. The molecule has 0 aliphatic rings. The van der Waals surface area contributed by atoms with E-state index in [-0.39, 0.29) is 0 Å². The minimum Gasteiger partial charge on any atom is -0.215 e. The van der Waals surface area contributed by atoms with Crippen LogP contribution in [0.3, 0.4) is 0 Å². The topological polar surface area (TPSA) is 30.2 Å². The first kappa shape index (κ1) is 7.94. The van der Waals surface area contributed by atoms with Crippen LogP contribution in [0.15, 0.2) is 41.3 Å². The maximum Gasteiger partial charge on any atom is 0.164 e. The number of benzene rings is 1. The van der Waals surface area contributed by atoms with Crippen molar-refractivity contribution < 1.29 is 0 Å². The summed E-state index contributed by atoms with van der Waals surface area (Å²) in [6, 6.07) is 10.2. The fourth-order valence-electron chi connectivity index (χ4n) is 1.60. The average molecular weight is 248 g/mol. The highest BCUT2D eigenvalue weighted by Crippen LogP contribution is 2.22. The van der Waals surface area contributed by atoms with Crippen molar-refractivity contribution in [3.63, 3.8) is 0 Å². The van der Waals surface area contributed by atoms with Gasteiger partial charge in [-0.1, -0.05) is 24.3 Å². The molecule has 2 heterocycles. The number of rotatable bonds is 0. The van der Waals surface area contributed by atoms with E-state index in [9.17, 15) is 0 Å². The minimum atomic E-state index is 0.884. The van der Waals surface area contributed by atoms with Crippen molar-refractivity contribution in [1.29, 1.82) is 0 Å². The monoisotopic (exact) mass is 247 g/mol. The predicted molar refractivity (Wildman–Crippen MR) is 58.2 cm³/mol. The van der Waals surface area contributed by atoms with Crippen LogP contribution < -0.4 is 0 Å². The van der Waals surface area contributed by atoms with Crippen molar-refractivity contribution >= 4 is 32.3 Å². The summed E-state index contributed by atoms with van der Waals surface area (Å²) in [5, 5.41) is 6.41. The molecule has 0 atom stereocenters. The molecule has 0 saturated heterocycles. The summed E-state index contributed by atoms with van der Waals surface area (Å²) >= 11 is 3.46. The molecule has 2 aromatic heterocycles. The number of fused-ring (bicyclic) bond motifs is 3. The molecule has 0 aliphatic carbocycles. The average Bonchev–Trinajstić information content (AvgIpc) is 2.67. The Morgan fingerprint density at radius 3 is 3.00 bits per heavy atom. The first-order chi connectivity index (χ1) is 6.86. The van der Waals surface area contributed by atoms with Crippen molar-refractivity contribution in [2.45, 2.75) is 0 Å². The molecule has 0 spiro atoms. The molecule has 3 rings (SSSR count). The Hall–Kier alpha value is -1.42. The Labute approximate surface area is 88.5 Å². The normalized spacial score (nSPS) is 11.2. The molecule has 0 aliphatic heterocycles. The van der Waals surface area contributed by atoms with E-state index in [4.69, 9.17) is 0 Å². The van der Waals surface area contributed by atoms with Gasteiger partial charge in [-0.15, -0.1) is 0 Å². The van der Waals surface area contributed by atoms with Gasteiger partial charge in [-0.25, -0.2) is 9.50 Å². The molecule has 0 radical (unpaired) electrons. The van der Waals surface area contributed by atoms with Gasteiger partial charge < -0.3 is 0 Å². The largest absolute Gasteiger partial charge is 0.215 e. The van der Waals surface area contributed by atoms with Crippen LogP contribution in [0.2, 0.25) is 0 Å². The Balaban J connectivity index is 2.66. The second-order valence-corrected chi connectivity index (χ2v) is 3.86. The first-order valence-electron chi connectivity index (χ1n) is 4.23. The third-order valence-electron chi connectivity index (χ3n) is 2.23. The zero-order valence-electron chi connectivity index (χ0n) is 7.18. The van der Waals surface area contributed by atoms with Crippen molar-refractivity contribution in [2.24, 2.45) is 0 Å². The van der Waals surface area contributed by atoms with Crippen LogP contribution in [0.4, 0.5) is 0 Å². The van der Waals surface area contributed by atoms with E-state index in [1.165, 1.54) is 5.39 Å². The Kier molecular flexibility index (Phi) is 1.58. The number of halogens is 1. The van der Waals surface area contributed by atoms with Gasteiger partial charge in [-0.05, 0) is 27.4 Å². The Bertz CT molecular complexity index is 615. The maximum atomic E-state index is 4.23. The highest BCUT2D eigenvalue weighted by Gasteiger charge is 2.04. The van der Waals surface area contributed by atoms with Gasteiger partial charge in [-0.3, -0.25) is 0 Å². The van der Waals surface area contributed by atoms with Crippen LogP contribution in [0.25, 0.3) is 16.4 Å². The molecule has 0 saturated carbocycles. The second-order valence-electron chi connectivity index (χ2n) is 3.05. The van der Waals surface area contributed by atoms with E-state index in [2.05, 4.69) is 32.1 Å². The quantitative estimate of drug-likeness (QED) is 0.572. The summed E-state index contributed by atoms with van der Waals surface area (Å²) < 4.78 is 2.70. The van der Waals surface area contributed by atoms with Crippen LogP contribution >= 0.6 is 15.9 Å². The van der Waals surface area contributed by atoms with Crippen molar-refractivity contribution in [3.05, 3.63) is 41.3 Å². The van der Waals surface area contributed by atoms with Gasteiger partial charge >= 0.3 is 0 Å². The lowest BCUT2D eigenvalue weighted by Crippen LogP contribution is -1.90. The first-order valence-corrected chi connectivity index (χ1v) is 5.02. The van der Waals surface area contributed by atoms with Crippen molar-refractivity contribution in [2.75, 3.05) is 0 Å². The molecule has 0 fully saturated rings. The molecule has 4 heteroatoms. The standard InChI is InChI=1S/C10H6BrN3/c11-9-5-7-3-1-2-4-8(7)10-12-6-13-14(9)10/h1-6H. The van der Waals surface area contributed by atoms with E-state index in [0.717, 1.165) is 15.6 Å². The summed E-state index contributed by atoms with van der Waals surface area (Å²) in [7, 11) is 0. The number of nitrogens with zero attached hydrogens (tertiary/aromatic N) is 3. The third-order valence-corrected chi connectivity index (χ3v) is 2.79. The summed E-state index contributed by atoms with van der Waals surface area (Å²) in [4.78, 5) is 4.23. The van der Waals surface area contributed by atoms with Crippen molar-refractivity contribution in [1.82, 2.24) is 14.6 Å². The molecule has 68 valence electrons. The van der Waals surface area contributed by atoms with Gasteiger partial charge in [0, 0.05) is 5.39 Å². The lowest BCUT2D eigenvalue weighted by atomic mass is 10.2. The SMILES string of the molecule is Brc1cc2ccccc2c2ncnn12. The molecule has 0 unspecified atom stereocenters. The lowest BCUT2D eigenvalue weighted by molar-refractivity contribution is 0.941. The predicted octanol–water partition coefficient (Wildman–Crippen LogP) is 2.65. The fourth-order valence-corrected chi connectivity index (χ4v) is 2.10. The number of pyridine rings is 1. The summed E-state index contributed by atoms with van der Waals surface area (Å²) in [6.45, 7) is 0. The molecular weight excluding hydrogens is 242 g/mol. The molecule has 3 aromatic rings. The minimum absolute atomic E-state index is 0.884. The molecule has 1 aromatic carbocycles. The third kappa shape index (κ3) is 0.974. The van der Waals surface area contributed by atoms with Crippen LogP contribution in [-0.4, -0.2) is 14.6 Å². The molecule has 14 heavy (non-hydrogen) atoms. The van der Waals surface area contributed by atoms with Crippen LogP contribution in [0, 0.1) is 0 Å². The smallest absolute Gasteiger partial charge is 0.164 e. The van der Waals surface area contributed by atoms with Crippen molar-refractivity contribution in [3.8, 4) is 0 Å². The summed E-state index contributed by atoms with van der Waals surface area (Å²) in [5.74, 6) is 0. The van der Waals surface area contributed by atoms with Gasteiger partial charge in [-0.2, -0.15) is 5.10 Å². The van der Waals surface area contributed by atoms with Crippen LogP contribution in [-0.2, 0) is 0 Å². The van der Waals surface area contributed by atoms with Gasteiger partial charge in [0.25, 0.3) is 0 Å². The Morgan fingerprint density at radius 1 is 1.21 bits per heavy atom. The molecular formula is C10H6BrN3. The van der Waals surface area contributed by atoms with E-state index < -0.39 is 0 Å². The zero-order valence-corrected chi connectivity index (χ0v) is 8.77. The van der Waals surface area contributed by atoms with Gasteiger partial charge in [0.05, 0.1) is 0 Å². The highest BCUT2D eigenvalue weighted by atomic mass is 79.9. The highest BCUT2D eigenvalue weighted by molar-refractivity contribution is 9.10. The fraction of sp³-hybridized carbons (Fsp3) is 0. The molecule has 3 nitrogen and oxygen atoms in total. The van der Waals surface area contributed by atoms with E-state index in [1.807, 2.05) is 24.3 Å². The Morgan fingerprint density at radius 2 is 2.07 bits per heavy atom. The molecule has 0 bridgehead atoms. The second kappa shape index (κ2) is 2.78. The summed E-state index contributed by atoms with van der Waals surface area (Å²) in [6.07, 6.45) is 1.56. The molecule has 0 amide bonds. The number of hydrogen-bond donors (Lipinski definition) is 0. The van der Waals surface area contributed by atoms with Gasteiger partial charge in [0.1, 0.15) is 10.9 Å².